The largest absolute Gasteiger partial charge is 0.405 e. The molecule has 0 aliphatic heterocycles. The number of hydrogen-bond acceptors (Lipinski definition) is 3. The summed E-state index contributed by atoms with van der Waals surface area (Å²) in [4.78, 5) is 5.74. The Bertz CT molecular complexity index is 440. The third kappa shape index (κ3) is 4.88. The summed E-state index contributed by atoms with van der Waals surface area (Å²) in [5.41, 5.74) is 1.41. The van der Waals surface area contributed by atoms with Gasteiger partial charge in [-0.1, -0.05) is 6.92 Å². The van der Waals surface area contributed by atoms with E-state index in [-0.39, 0.29) is 12.1 Å². The van der Waals surface area contributed by atoms with Crippen LogP contribution in [0.25, 0.3) is 0 Å². The van der Waals surface area contributed by atoms with Crippen LogP contribution in [-0.2, 0) is 0 Å². The van der Waals surface area contributed by atoms with E-state index in [2.05, 4.69) is 17.2 Å². The molecule has 0 amide bonds. The highest BCUT2D eigenvalue weighted by atomic mass is 19.4. The van der Waals surface area contributed by atoms with Gasteiger partial charge >= 0.3 is 6.18 Å². The van der Waals surface area contributed by atoms with Crippen LogP contribution < -0.4 is 10.2 Å². The fraction of sp³-hybridized carbons (Fsp3) is 0.667. The van der Waals surface area contributed by atoms with Crippen molar-refractivity contribution < 1.29 is 13.2 Å². The zero-order valence-corrected chi connectivity index (χ0v) is 12.5. The molecule has 6 heteroatoms. The average Bonchev–Trinajstić information content (AvgIpc) is 3.26. The first-order valence-corrected chi connectivity index (χ1v) is 7.43. The molecule has 1 saturated carbocycles. The number of nitrogens with one attached hydrogen (secondary N) is 1. The number of nitrogens with zero attached hydrogens (tertiary/aromatic N) is 2. The summed E-state index contributed by atoms with van der Waals surface area (Å²) in [6.45, 7) is 4.09. The van der Waals surface area contributed by atoms with Crippen LogP contribution in [0.15, 0.2) is 18.3 Å². The predicted molar refractivity (Wildman–Crippen MR) is 77.4 cm³/mol. The molecule has 118 valence electrons. The molecule has 0 radical (unpaired) electrons. The second-order valence-electron chi connectivity index (χ2n) is 5.59. The maximum atomic E-state index is 12.7. The third-order valence-electron chi connectivity index (χ3n) is 3.58. The van der Waals surface area contributed by atoms with E-state index in [4.69, 9.17) is 0 Å². The lowest BCUT2D eigenvalue weighted by Crippen LogP contribution is -2.36. The quantitative estimate of drug-likeness (QED) is 0.833. The van der Waals surface area contributed by atoms with Crippen molar-refractivity contribution in [3.05, 3.63) is 24.0 Å². The molecule has 21 heavy (non-hydrogen) atoms. The van der Waals surface area contributed by atoms with E-state index >= 15 is 0 Å². The minimum absolute atomic E-state index is 0.00918. The Labute approximate surface area is 123 Å². The fourth-order valence-electron chi connectivity index (χ4n) is 2.30. The first kappa shape index (κ1) is 16.1. The van der Waals surface area contributed by atoms with E-state index in [1.54, 1.807) is 12.3 Å². The van der Waals surface area contributed by atoms with Gasteiger partial charge in [0.15, 0.2) is 0 Å². The average molecular weight is 301 g/mol. The Morgan fingerprint density at radius 2 is 2.10 bits per heavy atom. The molecule has 1 aliphatic rings. The highest BCUT2D eigenvalue weighted by molar-refractivity contribution is 5.47. The van der Waals surface area contributed by atoms with Crippen molar-refractivity contribution in [3.63, 3.8) is 0 Å². The Balaban J connectivity index is 2.05. The van der Waals surface area contributed by atoms with E-state index in [9.17, 15) is 13.2 Å². The van der Waals surface area contributed by atoms with Gasteiger partial charge in [0.25, 0.3) is 0 Å². The Morgan fingerprint density at radius 1 is 1.38 bits per heavy atom. The summed E-state index contributed by atoms with van der Waals surface area (Å²) in [6.07, 6.45) is 0.0583. The SMILES string of the molecule is CCCNC(C)c1ccc(N(CC(F)(F)F)C2CC2)cn1. The molecule has 2 rings (SSSR count). The molecule has 1 aromatic heterocycles. The van der Waals surface area contributed by atoms with Crippen molar-refractivity contribution in [3.8, 4) is 0 Å². The van der Waals surface area contributed by atoms with Crippen LogP contribution in [0, 0.1) is 0 Å². The van der Waals surface area contributed by atoms with Crippen molar-refractivity contribution in [1.29, 1.82) is 0 Å². The molecule has 1 unspecified atom stereocenters. The summed E-state index contributed by atoms with van der Waals surface area (Å²) in [6, 6.07) is 3.68. The van der Waals surface area contributed by atoms with Crippen molar-refractivity contribution in [2.24, 2.45) is 0 Å². The van der Waals surface area contributed by atoms with Crippen molar-refractivity contribution in [2.75, 3.05) is 18.0 Å². The van der Waals surface area contributed by atoms with Crippen LogP contribution >= 0.6 is 0 Å². The normalized spacial score (nSPS) is 16.8. The molecule has 0 saturated heterocycles. The van der Waals surface area contributed by atoms with E-state index in [1.165, 1.54) is 4.90 Å². The van der Waals surface area contributed by atoms with Gasteiger partial charge in [0.2, 0.25) is 0 Å². The number of halogens is 3. The maximum absolute atomic E-state index is 12.7. The molecular formula is C15H22F3N3. The minimum atomic E-state index is -4.18. The topological polar surface area (TPSA) is 28.2 Å². The van der Waals surface area contributed by atoms with Crippen LogP contribution in [0.2, 0.25) is 0 Å². The molecule has 3 nitrogen and oxygen atoms in total. The lowest BCUT2D eigenvalue weighted by molar-refractivity contribution is -0.120. The van der Waals surface area contributed by atoms with Crippen molar-refractivity contribution in [2.45, 2.75) is 51.4 Å². The predicted octanol–water partition coefficient (Wildman–Crippen LogP) is 3.67. The third-order valence-corrected chi connectivity index (χ3v) is 3.58. The molecule has 0 bridgehead atoms. The van der Waals surface area contributed by atoms with Crippen molar-refractivity contribution >= 4 is 5.69 Å². The monoisotopic (exact) mass is 301 g/mol. The van der Waals surface area contributed by atoms with Gasteiger partial charge < -0.3 is 10.2 Å². The first-order valence-electron chi connectivity index (χ1n) is 7.43. The molecule has 1 aliphatic carbocycles. The molecular weight excluding hydrogens is 279 g/mol. The molecule has 1 atom stereocenters. The number of alkyl halides is 3. The number of aromatic nitrogens is 1. The molecule has 1 heterocycles. The second kappa shape index (κ2) is 6.64. The lowest BCUT2D eigenvalue weighted by Gasteiger charge is -2.26. The van der Waals surface area contributed by atoms with Crippen molar-refractivity contribution in [1.82, 2.24) is 10.3 Å². The van der Waals surface area contributed by atoms with E-state index in [0.29, 0.717) is 5.69 Å². The van der Waals surface area contributed by atoms with Crippen LogP contribution in [0.5, 0.6) is 0 Å². The van der Waals surface area contributed by atoms with Crippen LogP contribution in [0.4, 0.5) is 18.9 Å². The molecule has 1 aromatic rings. The summed E-state index contributed by atoms with van der Waals surface area (Å²) >= 11 is 0. The van der Waals surface area contributed by atoms with E-state index < -0.39 is 12.7 Å². The van der Waals surface area contributed by atoms with Crippen LogP contribution in [-0.4, -0.2) is 30.3 Å². The number of hydrogen-bond donors (Lipinski definition) is 1. The number of rotatable bonds is 7. The van der Waals surface area contributed by atoms with Gasteiger partial charge in [-0.3, -0.25) is 4.98 Å². The summed E-state index contributed by atoms with van der Waals surface area (Å²) in [5, 5.41) is 3.31. The molecule has 0 spiro atoms. The minimum Gasteiger partial charge on any atom is -0.358 e. The zero-order chi connectivity index (χ0) is 15.5. The zero-order valence-electron chi connectivity index (χ0n) is 12.5. The summed E-state index contributed by atoms with van der Waals surface area (Å²) < 4.78 is 38.0. The van der Waals surface area contributed by atoms with Gasteiger partial charge in [-0.05, 0) is 44.9 Å². The Kier molecular flexibility index (Phi) is 5.08. The smallest absolute Gasteiger partial charge is 0.358 e. The fourth-order valence-corrected chi connectivity index (χ4v) is 2.30. The first-order chi connectivity index (χ1) is 9.90. The summed E-state index contributed by atoms with van der Waals surface area (Å²) in [5.74, 6) is 0. The maximum Gasteiger partial charge on any atom is 0.405 e. The summed E-state index contributed by atoms with van der Waals surface area (Å²) in [7, 11) is 0. The second-order valence-corrected chi connectivity index (χ2v) is 5.59. The molecule has 1 fully saturated rings. The Morgan fingerprint density at radius 3 is 2.57 bits per heavy atom. The van der Waals surface area contributed by atoms with Crippen LogP contribution in [0.3, 0.4) is 0 Å². The number of anilines is 1. The standard InChI is InChI=1S/C15H22F3N3/c1-3-8-19-11(2)14-7-6-13(9-20-14)21(12-4-5-12)10-15(16,17)18/h6-7,9,11-12,19H,3-5,8,10H2,1-2H3. The molecule has 1 N–H and O–H groups in total. The molecule has 0 aromatic carbocycles. The number of pyridine rings is 1. The van der Waals surface area contributed by atoms with Gasteiger partial charge in [-0.15, -0.1) is 0 Å². The van der Waals surface area contributed by atoms with Gasteiger partial charge in [-0.25, -0.2) is 0 Å². The van der Waals surface area contributed by atoms with Gasteiger partial charge in [0, 0.05) is 12.1 Å². The van der Waals surface area contributed by atoms with Crippen LogP contribution in [0.1, 0.15) is 44.8 Å². The highest BCUT2D eigenvalue weighted by Crippen LogP contribution is 2.34. The van der Waals surface area contributed by atoms with E-state index in [0.717, 1.165) is 31.5 Å². The highest BCUT2D eigenvalue weighted by Gasteiger charge is 2.38. The Hall–Kier alpha value is -1.30. The van der Waals surface area contributed by atoms with Gasteiger partial charge in [0.05, 0.1) is 17.6 Å². The van der Waals surface area contributed by atoms with Gasteiger partial charge in [0.1, 0.15) is 6.54 Å². The van der Waals surface area contributed by atoms with Gasteiger partial charge in [-0.2, -0.15) is 13.2 Å². The lowest BCUT2D eigenvalue weighted by atomic mass is 10.2. The van der Waals surface area contributed by atoms with E-state index in [1.807, 2.05) is 13.0 Å².